The SMILES string of the molecule is CCC(=O)O.O=C1NC(=Nc2cc[c-]cc2)SC1=Cc1ccc(-c2ccccc2)cc1.[Na+]. The Hall–Kier alpha value is -2.64. The summed E-state index contributed by atoms with van der Waals surface area (Å²) in [5.74, 6) is -0.867. The third-order valence-electron chi connectivity index (χ3n) is 4.20. The molecular weight excluding hydrogens is 431 g/mol. The van der Waals surface area contributed by atoms with Gasteiger partial charge in [-0.1, -0.05) is 61.5 Å². The Morgan fingerprint density at radius 1 is 1.03 bits per heavy atom. The van der Waals surface area contributed by atoms with E-state index in [1.54, 1.807) is 19.1 Å². The number of carboxylic acid groups (broad SMARTS) is 1. The zero-order valence-corrected chi connectivity index (χ0v) is 20.7. The number of carbonyl (C=O) groups excluding carboxylic acids is 1. The number of hydrogen-bond acceptors (Lipinski definition) is 4. The Kier molecular flexibility index (Phi) is 10.4. The molecule has 0 saturated carbocycles. The zero-order chi connectivity index (χ0) is 22.1. The Balaban J connectivity index is 0.000000548. The van der Waals surface area contributed by atoms with E-state index in [1.807, 2.05) is 48.5 Å². The molecule has 3 aromatic rings. The van der Waals surface area contributed by atoms with Gasteiger partial charge in [0.2, 0.25) is 0 Å². The molecule has 7 heteroatoms. The van der Waals surface area contributed by atoms with Crippen molar-refractivity contribution in [3.63, 3.8) is 0 Å². The molecule has 0 unspecified atom stereocenters. The fraction of sp³-hybridized carbons (Fsp3) is 0.0800. The molecule has 1 aliphatic rings. The van der Waals surface area contributed by atoms with Crippen molar-refractivity contribution >= 4 is 40.6 Å². The molecule has 156 valence electrons. The predicted molar refractivity (Wildman–Crippen MR) is 126 cm³/mol. The number of aliphatic imine (C=N–C) groups is 1. The van der Waals surface area contributed by atoms with E-state index in [0.717, 1.165) is 16.8 Å². The number of carbonyl (C=O) groups is 2. The number of thioether (sulfide) groups is 1. The third kappa shape index (κ3) is 7.80. The van der Waals surface area contributed by atoms with Crippen molar-refractivity contribution in [2.45, 2.75) is 13.3 Å². The Labute approximate surface area is 214 Å². The Morgan fingerprint density at radius 3 is 2.22 bits per heavy atom. The van der Waals surface area contributed by atoms with Crippen LogP contribution in [0.2, 0.25) is 0 Å². The second kappa shape index (κ2) is 13.0. The van der Waals surface area contributed by atoms with Gasteiger partial charge < -0.3 is 10.4 Å². The number of nitrogens with zero attached hydrogens (tertiary/aromatic N) is 1. The van der Waals surface area contributed by atoms with E-state index in [2.05, 4.69) is 40.6 Å². The average molecular weight is 453 g/mol. The van der Waals surface area contributed by atoms with Gasteiger partial charge in [0.1, 0.15) is 0 Å². The molecule has 2 N–H and O–H groups in total. The average Bonchev–Trinajstić information content (AvgIpc) is 3.14. The molecule has 0 aliphatic carbocycles. The van der Waals surface area contributed by atoms with Crippen LogP contribution >= 0.6 is 11.8 Å². The molecule has 32 heavy (non-hydrogen) atoms. The fourth-order valence-electron chi connectivity index (χ4n) is 2.60. The quantitative estimate of drug-likeness (QED) is 0.362. The zero-order valence-electron chi connectivity index (χ0n) is 17.9. The minimum absolute atomic E-state index is 0. The maximum Gasteiger partial charge on any atom is 1.00 e. The van der Waals surface area contributed by atoms with Crippen LogP contribution in [0.25, 0.3) is 17.2 Å². The summed E-state index contributed by atoms with van der Waals surface area (Å²) in [7, 11) is 0. The van der Waals surface area contributed by atoms with Gasteiger partial charge in [-0.2, -0.15) is 18.2 Å². The largest absolute Gasteiger partial charge is 1.00 e. The number of rotatable bonds is 4. The molecule has 3 aromatic carbocycles. The van der Waals surface area contributed by atoms with E-state index < -0.39 is 5.97 Å². The molecular formula is C25H21N2NaO3S. The molecule has 1 fully saturated rings. The van der Waals surface area contributed by atoms with Crippen molar-refractivity contribution in [1.82, 2.24) is 5.32 Å². The van der Waals surface area contributed by atoms with Crippen LogP contribution in [0.4, 0.5) is 5.69 Å². The number of amides is 1. The summed E-state index contributed by atoms with van der Waals surface area (Å²) >= 11 is 1.35. The standard InChI is InChI=1S/C22H15N2OS.C3H6O2.Na/c25-21-20(26-22(24-21)23-19-9-5-2-6-10-19)15-16-11-13-18(14-12-16)17-7-3-1-4-8-17;1-2-3(4)5;/h1,3-15H,(H,23,24,25);2H2,1H3,(H,4,5);/q-1;;+1. The number of benzene rings is 3. The number of aliphatic carboxylic acids is 1. The number of hydrogen-bond donors (Lipinski definition) is 2. The van der Waals surface area contributed by atoms with Crippen LogP contribution in [-0.4, -0.2) is 22.2 Å². The third-order valence-corrected chi connectivity index (χ3v) is 5.11. The van der Waals surface area contributed by atoms with Crippen LogP contribution in [0, 0.1) is 6.07 Å². The summed E-state index contributed by atoms with van der Waals surface area (Å²) < 4.78 is 0. The van der Waals surface area contributed by atoms with Crippen LogP contribution in [-0.2, 0) is 9.59 Å². The smallest absolute Gasteiger partial charge is 0.481 e. The van der Waals surface area contributed by atoms with E-state index >= 15 is 0 Å². The van der Waals surface area contributed by atoms with Crippen LogP contribution < -0.4 is 34.9 Å². The first-order valence-corrected chi connectivity index (χ1v) is 10.5. The molecule has 0 aromatic heterocycles. The Morgan fingerprint density at radius 2 is 1.62 bits per heavy atom. The summed E-state index contributed by atoms with van der Waals surface area (Å²) in [5, 5.41) is 11.1. The first kappa shape index (κ1) is 25.6. The topological polar surface area (TPSA) is 78.8 Å². The molecule has 0 bridgehead atoms. The van der Waals surface area contributed by atoms with E-state index in [4.69, 9.17) is 5.11 Å². The van der Waals surface area contributed by atoms with Gasteiger partial charge in [-0.15, -0.1) is 12.1 Å². The minimum Gasteiger partial charge on any atom is -0.481 e. The van der Waals surface area contributed by atoms with Gasteiger partial charge >= 0.3 is 35.5 Å². The summed E-state index contributed by atoms with van der Waals surface area (Å²) in [4.78, 5) is 26.6. The van der Waals surface area contributed by atoms with Gasteiger partial charge in [-0.3, -0.25) is 14.6 Å². The maximum absolute atomic E-state index is 12.2. The Bertz CT molecular complexity index is 1100. The van der Waals surface area contributed by atoms with Gasteiger partial charge in [-0.05, 0) is 40.2 Å². The summed E-state index contributed by atoms with van der Waals surface area (Å²) in [5.41, 5.74) is 4.10. The number of amidine groups is 1. The fourth-order valence-corrected chi connectivity index (χ4v) is 3.45. The normalized spacial score (nSPS) is 14.8. The van der Waals surface area contributed by atoms with Gasteiger partial charge in [-0.25, -0.2) is 0 Å². The molecule has 0 atom stereocenters. The minimum atomic E-state index is -0.745. The second-order valence-electron chi connectivity index (χ2n) is 6.48. The molecule has 1 saturated heterocycles. The maximum atomic E-state index is 12.2. The van der Waals surface area contributed by atoms with Crippen molar-refractivity contribution in [3.8, 4) is 11.1 Å². The summed E-state index contributed by atoms with van der Waals surface area (Å²) in [6, 6.07) is 28.6. The molecule has 0 spiro atoms. The summed E-state index contributed by atoms with van der Waals surface area (Å²) in [6.07, 6.45) is 2.11. The number of nitrogens with one attached hydrogen (secondary N) is 1. The van der Waals surface area contributed by atoms with Crippen LogP contribution in [0.3, 0.4) is 0 Å². The molecule has 1 amide bonds. The van der Waals surface area contributed by atoms with Crippen LogP contribution in [0.15, 0.2) is 88.8 Å². The van der Waals surface area contributed by atoms with E-state index in [9.17, 15) is 9.59 Å². The predicted octanol–water partition coefficient (Wildman–Crippen LogP) is 2.53. The second-order valence-corrected chi connectivity index (χ2v) is 7.51. The first-order chi connectivity index (χ1) is 15.0. The monoisotopic (exact) mass is 452 g/mol. The van der Waals surface area contributed by atoms with E-state index in [1.165, 1.54) is 17.3 Å². The molecule has 5 nitrogen and oxygen atoms in total. The van der Waals surface area contributed by atoms with Crippen molar-refractivity contribution < 1.29 is 44.3 Å². The van der Waals surface area contributed by atoms with Gasteiger partial charge in [0.15, 0.2) is 5.17 Å². The first-order valence-electron chi connectivity index (χ1n) is 9.68. The van der Waals surface area contributed by atoms with Gasteiger partial charge in [0.05, 0.1) is 4.91 Å². The van der Waals surface area contributed by atoms with E-state index in [-0.39, 0.29) is 41.9 Å². The molecule has 1 heterocycles. The molecule has 1 aliphatic heterocycles. The van der Waals surface area contributed by atoms with Gasteiger partial charge in [0.25, 0.3) is 5.91 Å². The number of carboxylic acids is 1. The van der Waals surface area contributed by atoms with Crippen LogP contribution in [0.1, 0.15) is 18.9 Å². The van der Waals surface area contributed by atoms with Crippen molar-refractivity contribution in [1.29, 1.82) is 0 Å². The molecule has 0 radical (unpaired) electrons. The van der Waals surface area contributed by atoms with Gasteiger partial charge in [0, 0.05) is 6.42 Å². The summed E-state index contributed by atoms with van der Waals surface area (Å²) in [6.45, 7) is 1.60. The van der Waals surface area contributed by atoms with Crippen molar-refractivity contribution in [3.05, 3.63) is 95.4 Å². The van der Waals surface area contributed by atoms with Crippen molar-refractivity contribution in [2.24, 2.45) is 4.99 Å². The van der Waals surface area contributed by atoms with E-state index in [0.29, 0.717) is 10.1 Å². The molecule has 4 rings (SSSR count). The van der Waals surface area contributed by atoms with Crippen LogP contribution in [0.5, 0.6) is 0 Å². The van der Waals surface area contributed by atoms with Crippen molar-refractivity contribution in [2.75, 3.05) is 0 Å².